The first-order valence-corrected chi connectivity index (χ1v) is 28.1. The average Bonchev–Trinajstić information content (AvgIpc) is 3.28. The van der Waals surface area contributed by atoms with Crippen LogP contribution >= 0.6 is 0 Å². The molecule has 0 rings (SSSR count). The fourth-order valence-electron chi connectivity index (χ4n) is 8.93. The first-order valence-electron chi connectivity index (χ1n) is 28.1. The van der Waals surface area contributed by atoms with E-state index in [1.165, 1.54) is 244 Å². The zero-order valence-corrected chi connectivity index (χ0v) is 42.0. The van der Waals surface area contributed by atoms with Crippen molar-refractivity contribution < 1.29 is 20.1 Å². The van der Waals surface area contributed by atoms with Crippen molar-refractivity contribution in [1.82, 2.24) is 5.32 Å². The summed E-state index contributed by atoms with van der Waals surface area (Å²) >= 11 is 0. The van der Waals surface area contributed by atoms with E-state index < -0.39 is 18.2 Å². The Morgan fingerprint density at radius 1 is 0.387 bits per heavy atom. The Balaban J connectivity index is 3.43. The fraction of sp³-hybridized carbons (Fsp3) is 0.912. The van der Waals surface area contributed by atoms with E-state index in [-0.39, 0.29) is 12.5 Å². The van der Waals surface area contributed by atoms with Gasteiger partial charge >= 0.3 is 0 Å². The third kappa shape index (κ3) is 46.8. The largest absolute Gasteiger partial charge is 0.394 e. The minimum Gasteiger partial charge on any atom is -0.394 e. The van der Waals surface area contributed by atoms with Crippen LogP contribution in [0, 0.1) is 0 Å². The van der Waals surface area contributed by atoms with Gasteiger partial charge in [-0.25, -0.2) is 0 Å². The standard InChI is InChI=1S/C57H111NO4/c1-3-5-7-9-11-13-15-16-17-18-19-20-21-22-23-24-25-26-27-28-29-30-31-32-33-34-35-36-37-38-39-40-42-44-46-48-50-52-56(61)58-54(53-59)57(62)55(60)51-49-47-45-43-41-14-12-10-8-6-4-2/h26-27,43,45,54-55,57,59-60,62H,3-25,28-42,44,46-53H2,1-2H3,(H,58,61)/b27-26-,45-43+. The van der Waals surface area contributed by atoms with Gasteiger partial charge in [0.1, 0.15) is 6.10 Å². The van der Waals surface area contributed by atoms with Crippen molar-refractivity contribution in [2.24, 2.45) is 0 Å². The summed E-state index contributed by atoms with van der Waals surface area (Å²) in [4.78, 5) is 12.5. The predicted molar refractivity (Wildman–Crippen MR) is 273 cm³/mol. The Labute approximate surface area is 388 Å². The van der Waals surface area contributed by atoms with E-state index in [9.17, 15) is 20.1 Å². The molecule has 0 radical (unpaired) electrons. The molecule has 0 saturated carbocycles. The predicted octanol–water partition coefficient (Wildman–Crippen LogP) is 17.3. The van der Waals surface area contributed by atoms with Crippen LogP contribution in [0.1, 0.15) is 309 Å². The molecule has 368 valence electrons. The number of amides is 1. The summed E-state index contributed by atoms with van der Waals surface area (Å²) in [6.07, 6.45) is 66.5. The van der Waals surface area contributed by atoms with E-state index >= 15 is 0 Å². The number of aliphatic hydroxyl groups excluding tert-OH is 3. The molecule has 5 nitrogen and oxygen atoms in total. The van der Waals surface area contributed by atoms with Crippen LogP contribution < -0.4 is 5.32 Å². The van der Waals surface area contributed by atoms with Gasteiger partial charge in [-0.15, -0.1) is 0 Å². The number of nitrogens with one attached hydrogen (secondary N) is 1. The number of hydrogen-bond acceptors (Lipinski definition) is 4. The Morgan fingerprint density at radius 2 is 0.645 bits per heavy atom. The number of aliphatic hydroxyl groups is 3. The molecule has 0 fully saturated rings. The molecular formula is C57H111NO4. The molecule has 0 aliphatic carbocycles. The lowest BCUT2D eigenvalue weighted by molar-refractivity contribution is -0.124. The van der Waals surface area contributed by atoms with Crippen molar-refractivity contribution in [3.05, 3.63) is 24.3 Å². The number of carbonyl (C=O) groups is 1. The van der Waals surface area contributed by atoms with Crippen LogP contribution in [0.15, 0.2) is 24.3 Å². The molecule has 62 heavy (non-hydrogen) atoms. The van der Waals surface area contributed by atoms with Crippen LogP contribution in [0.4, 0.5) is 0 Å². The van der Waals surface area contributed by atoms with Crippen molar-refractivity contribution in [2.45, 2.75) is 327 Å². The summed E-state index contributed by atoms with van der Waals surface area (Å²) in [5, 5.41) is 33.5. The molecular weight excluding hydrogens is 763 g/mol. The summed E-state index contributed by atoms with van der Waals surface area (Å²) in [6.45, 7) is 4.17. The molecule has 0 aliphatic rings. The zero-order chi connectivity index (χ0) is 45.1. The molecule has 1 amide bonds. The van der Waals surface area contributed by atoms with Crippen molar-refractivity contribution >= 4 is 5.91 Å². The van der Waals surface area contributed by atoms with E-state index in [0.717, 1.165) is 38.5 Å². The summed E-state index contributed by atoms with van der Waals surface area (Å²) in [5.41, 5.74) is 0. The lowest BCUT2D eigenvalue weighted by atomic mass is 10.0. The number of hydrogen-bond donors (Lipinski definition) is 4. The minimum absolute atomic E-state index is 0.151. The van der Waals surface area contributed by atoms with E-state index in [0.29, 0.717) is 12.8 Å². The fourth-order valence-corrected chi connectivity index (χ4v) is 8.93. The van der Waals surface area contributed by atoms with Crippen molar-refractivity contribution in [3.63, 3.8) is 0 Å². The topological polar surface area (TPSA) is 89.8 Å². The summed E-state index contributed by atoms with van der Waals surface area (Å²) in [6, 6.07) is -0.823. The number of rotatable bonds is 52. The lowest BCUT2D eigenvalue weighted by Crippen LogP contribution is -2.50. The van der Waals surface area contributed by atoms with Crippen LogP contribution in [0.3, 0.4) is 0 Å². The molecule has 0 aliphatic heterocycles. The molecule has 0 bridgehead atoms. The normalized spacial score (nSPS) is 13.4. The molecule has 0 aromatic carbocycles. The Morgan fingerprint density at radius 3 is 0.935 bits per heavy atom. The van der Waals surface area contributed by atoms with Crippen molar-refractivity contribution in [2.75, 3.05) is 6.61 Å². The molecule has 3 atom stereocenters. The summed E-state index contributed by atoms with van der Waals surface area (Å²) in [7, 11) is 0. The molecule has 5 heteroatoms. The summed E-state index contributed by atoms with van der Waals surface area (Å²) in [5.74, 6) is -0.151. The van der Waals surface area contributed by atoms with Gasteiger partial charge in [0, 0.05) is 6.42 Å². The van der Waals surface area contributed by atoms with Gasteiger partial charge in [-0.1, -0.05) is 263 Å². The maximum absolute atomic E-state index is 12.5. The maximum atomic E-state index is 12.5. The van der Waals surface area contributed by atoms with Gasteiger partial charge in [0.15, 0.2) is 0 Å². The second-order valence-electron chi connectivity index (χ2n) is 19.5. The molecule has 0 aromatic rings. The highest BCUT2D eigenvalue weighted by Crippen LogP contribution is 2.17. The lowest BCUT2D eigenvalue weighted by Gasteiger charge is -2.26. The first kappa shape index (κ1) is 60.8. The number of unbranched alkanes of at least 4 members (excludes halogenated alkanes) is 40. The van der Waals surface area contributed by atoms with Gasteiger partial charge in [0.05, 0.1) is 18.8 Å². The second kappa shape index (κ2) is 52.5. The van der Waals surface area contributed by atoms with Crippen molar-refractivity contribution in [3.8, 4) is 0 Å². The smallest absolute Gasteiger partial charge is 0.220 e. The highest BCUT2D eigenvalue weighted by atomic mass is 16.3. The van der Waals surface area contributed by atoms with Gasteiger partial charge in [-0.2, -0.15) is 0 Å². The van der Waals surface area contributed by atoms with E-state index in [4.69, 9.17) is 0 Å². The number of allylic oxidation sites excluding steroid dienone is 4. The van der Waals surface area contributed by atoms with Gasteiger partial charge in [-0.05, 0) is 64.2 Å². The highest BCUT2D eigenvalue weighted by molar-refractivity contribution is 5.76. The van der Waals surface area contributed by atoms with E-state index in [1.807, 2.05) is 0 Å². The average molecular weight is 875 g/mol. The molecule has 0 spiro atoms. The Hall–Kier alpha value is -1.17. The van der Waals surface area contributed by atoms with Crippen LogP contribution in [0.5, 0.6) is 0 Å². The third-order valence-corrected chi connectivity index (χ3v) is 13.3. The van der Waals surface area contributed by atoms with Crippen LogP contribution in [0.25, 0.3) is 0 Å². The first-order chi connectivity index (χ1) is 30.6. The molecule has 3 unspecified atom stereocenters. The molecule has 0 aromatic heterocycles. The monoisotopic (exact) mass is 874 g/mol. The second-order valence-corrected chi connectivity index (χ2v) is 19.5. The SMILES string of the molecule is CCCCCCCC/C=C/CCCC(O)C(O)C(CO)NC(=O)CCCCCCCCCCCCCCCCCCC/C=C\CCCCCCCCCCCCCCCCCC. The molecule has 0 saturated heterocycles. The van der Waals surface area contributed by atoms with Gasteiger partial charge < -0.3 is 20.6 Å². The number of carbonyl (C=O) groups excluding carboxylic acids is 1. The van der Waals surface area contributed by atoms with Crippen LogP contribution in [-0.2, 0) is 4.79 Å². The van der Waals surface area contributed by atoms with Crippen LogP contribution in [-0.4, -0.2) is 46.1 Å². The Kier molecular flexibility index (Phi) is 51.5. The van der Waals surface area contributed by atoms with Gasteiger partial charge in [-0.3, -0.25) is 4.79 Å². The quantitative estimate of drug-likeness (QED) is 0.0362. The van der Waals surface area contributed by atoms with Gasteiger partial charge in [0.25, 0.3) is 0 Å². The zero-order valence-electron chi connectivity index (χ0n) is 42.0. The highest BCUT2D eigenvalue weighted by Gasteiger charge is 2.26. The van der Waals surface area contributed by atoms with Gasteiger partial charge in [0.2, 0.25) is 5.91 Å². The van der Waals surface area contributed by atoms with E-state index in [1.54, 1.807) is 0 Å². The minimum atomic E-state index is -1.16. The van der Waals surface area contributed by atoms with Crippen LogP contribution in [0.2, 0.25) is 0 Å². The maximum Gasteiger partial charge on any atom is 0.220 e. The van der Waals surface area contributed by atoms with E-state index in [2.05, 4.69) is 43.5 Å². The summed E-state index contributed by atoms with van der Waals surface area (Å²) < 4.78 is 0. The molecule has 0 heterocycles. The third-order valence-electron chi connectivity index (χ3n) is 13.3. The molecule has 4 N–H and O–H groups in total. The van der Waals surface area contributed by atoms with Crippen molar-refractivity contribution in [1.29, 1.82) is 0 Å². The Bertz CT molecular complexity index is 920.